The molecule has 1 heterocycles. The molecule has 122 valence electrons. The Bertz CT molecular complexity index is 871. The van der Waals surface area contributed by atoms with E-state index in [4.69, 9.17) is 0 Å². The zero-order valence-electron chi connectivity index (χ0n) is 14.1. The number of benzene rings is 3. The van der Waals surface area contributed by atoms with Gasteiger partial charge in [-0.25, -0.2) is 0 Å². The van der Waals surface area contributed by atoms with E-state index >= 15 is 0 Å². The number of hydrogen-bond donors (Lipinski definition) is 1. The van der Waals surface area contributed by atoms with Gasteiger partial charge < -0.3 is 5.11 Å². The maximum atomic E-state index is 10.7. The first kappa shape index (κ1) is 15.2. The van der Waals surface area contributed by atoms with Crippen LogP contribution in [0, 0.1) is 0 Å². The Hall–Kier alpha value is -2.32. The van der Waals surface area contributed by atoms with Crippen LogP contribution in [0.15, 0.2) is 60.7 Å². The molecule has 0 fully saturated rings. The standard InChI is InChI=1S/C22H23NO/c1-2-14-23-15-13-17-8-4-6-10-19(17)22(23)21-18-9-5-3-7-16(18)11-12-20(21)24/h3-12,22,24H,2,13-15H2,1H3. The molecule has 1 aliphatic heterocycles. The first-order valence-electron chi connectivity index (χ1n) is 8.82. The monoisotopic (exact) mass is 317 g/mol. The van der Waals surface area contributed by atoms with Crippen LogP contribution in [0.1, 0.15) is 36.1 Å². The third-order valence-corrected chi connectivity index (χ3v) is 5.12. The quantitative estimate of drug-likeness (QED) is 0.742. The molecule has 3 aromatic rings. The van der Waals surface area contributed by atoms with Crippen molar-refractivity contribution >= 4 is 10.8 Å². The third-order valence-electron chi connectivity index (χ3n) is 5.12. The van der Waals surface area contributed by atoms with Gasteiger partial charge in [0.05, 0.1) is 6.04 Å². The summed E-state index contributed by atoms with van der Waals surface area (Å²) in [5, 5.41) is 13.1. The maximum Gasteiger partial charge on any atom is 0.121 e. The summed E-state index contributed by atoms with van der Waals surface area (Å²) in [4.78, 5) is 2.52. The zero-order chi connectivity index (χ0) is 16.5. The van der Waals surface area contributed by atoms with Gasteiger partial charge in [0.25, 0.3) is 0 Å². The lowest BCUT2D eigenvalue weighted by molar-refractivity contribution is 0.212. The fourth-order valence-electron chi connectivity index (χ4n) is 4.06. The molecule has 0 spiro atoms. The Morgan fingerprint density at radius 2 is 1.79 bits per heavy atom. The molecule has 2 heteroatoms. The van der Waals surface area contributed by atoms with Gasteiger partial charge in [-0.2, -0.15) is 0 Å². The minimum Gasteiger partial charge on any atom is -0.508 e. The third kappa shape index (κ3) is 2.47. The topological polar surface area (TPSA) is 23.5 Å². The predicted octanol–water partition coefficient (Wildman–Crippen LogP) is 4.90. The average Bonchev–Trinajstić information content (AvgIpc) is 2.62. The highest BCUT2D eigenvalue weighted by Crippen LogP contribution is 2.42. The largest absolute Gasteiger partial charge is 0.508 e. The van der Waals surface area contributed by atoms with Crippen molar-refractivity contribution in [1.82, 2.24) is 4.90 Å². The molecular formula is C22H23NO. The van der Waals surface area contributed by atoms with Crippen LogP contribution in [0.4, 0.5) is 0 Å². The fraction of sp³-hybridized carbons (Fsp3) is 0.273. The lowest BCUT2D eigenvalue weighted by Crippen LogP contribution is -2.36. The van der Waals surface area contributed by atoms with Crippen LogP contribution in [0.5, 0.6) is 5.75 Å². The highest BCUT2D eigenvalue weighted by molar-refractivity contribution is 5.88. The molecule has 0 aromatic heterocycles. The molecule has 24 heavy (non-hydrogen) atoms. The first-order chi connectivity index (χ1) is 11.8. The minimum atomic E-state index is 0.126. The smallest absolute Gasteiger partial charge is 0.121 e. The summed E-state index contributed by atoms with van der Waals surface area (Å²) in [6.45, 7) is 4.31. The summed E-state index contributed by atoms with van der Waals surface area (Å²) < 4.78 is 0. The molecule has 0 radical (unpaired) electrons. The van der Waals surface area contributed by atoms with E-state index in [2.05, 4.69) is 60.4 Å². The van der Waals surface area contributed by atoms with Gasteiger partial charge in [-0.05, 0) is 47.4 Å². The number of phenols is 1. The van der Waals surface area contributed by atoms with Gasteiger partial charge in [0, 0.05) is 12.1 Å². The number of rotatable bonds is 3. The highest BCUT2D eigenvalue weighted by atomic mass is 16.3. The van der Waals surface area contributed by atoms with Gasteiger partial charge >= 0.3 is 0 Å². The van der Waals surface area contributed by atoms with E-state index in [0.717, 1.165) is 36.9 Å². The Morgan fingerprint density at radius 1 is 1.00 bits per heavy atom. The van der Waals surface area contributed by atoms with Crippen molar-refractivity contribution in [2.45, 2.75) is 25.8 Å². The summed E-state index contributed by atoms with van der Waals surface area (Å²) in [6.07, 6.45) is 2.20. The van der Waals surface area contributed by atoms with Gasteiger partial charge in [0.1, 0.15) is 5.75 Å². The molecular weight excluding hydrogens is 294 g/mol. The van der Waals surface area contributed by atoms with E-state index in [1.54, 1.807) is 0 Å². The second-order valence-corrected chi connectivity index (χ2v) is 6.61. The highest BCUT2D eigenvalue weighted by Gasteiger charge is 2.30. The van der Waals surface area contributed by atoms with Crippen molar-refractivity contribution in [2.24, 2.45) is 0 Å². The predicted molar refractivity (Wildman–Crippen MR) is 99.5 cm³/mol. The SMILES string of the molecule is CCCN1CCc2ccccc2C1c1c(O)ccc2ccccc12. The van der Waals surface area contributed by atoms with Crippen molar-refractivity contribution in [2.75, 3.05) is 13.1 Å². The Balaban J connectivity index is 1.97. The van der Waals surface area contributed by atoms with Crippen LogP contribution in [0.25, 0.3) is 10.8 Å². The molecule has 0 saturated heterocycles. The van der Waals surface area contributed by atoms with Crippen molar-refractivity contribution in [3.63, 3.8) is 0 Å². The molecule has 0 saturated carbocycles. The average molecular weight is 317 g/mol. The number of phenolic OH excluding ortho intramolecular Hbond substituents is 1. The van der Waals surface area contributed by atoms with Crippen LogP contribution < -0.4 is 0 Å². The van der Waals surface area contributed by atoms with Crippen LogP contribution in [-0.2, 0) is 6.42 Å². The Morgan fingerprint density at radius 3 is 2.67 bits per heavy atom. The summed E-state index contributed by atoms with van der Waals surface area (Å²) in [5.41, 5.74) is 3.79. The van der Waals surface area contributed by atoms with Crippen LogP contribution in [-0.4, -0.2) is 23.1 Å². The summed E-state index contributed by atoms with van der Waals surface area (Å²) in [5.74, 6) is 0.400. The molecule has 0 bridgehead atoms. The van der Waals surface area contributed by atoms with Crippen LogP contribution in [0.3, 0.4) is 0 Å². The van der Waals surface area contributed by atoms with Crippen molar-refractivity contribution in [3.8, 4) is 5.75 Å². The van der Waals surface area contributed by atoms with Gasteiger partial charge in [0.15, 0.2) is 0 Å². The van der Waals surface area contributed by atoms with Gasteiger partial charge in [-0.1, -0.05) is 61.5 Å². The zero-order valence-corrected chi connectivity index (χ0v) is 14.1. The molecule has 4 rings (SSSR count). The van der Waals surface area contributed by atoms with E-state index in [1.165, 1.54) is 16.5 Å². The van der Waals surface area contributed by atoms with Crippen LogP contribution in [0.2, 0.25) is 0 Å². The Kier molecular flexibility index (Phi) is 3.99. The van der Waals surface area contributed by atoms with E-state index in [0.29, 0.717) is 5.75 Å². The maximum absolute atomic E-state index is 10.7. The summed E-state index contributed by atoms with van der Waals surface area (Å²) in [7, 11) is 0. The molecule has 0 amide bonds. The molecule has 2 nitrogen and oxygen atoms in total. The fourth-order valence-corrected chi connectivity index (χ4v) is 4.06. The second-order valence-electron chi connectivity index (χ2n) is 6.61. The molecule has 3 aromatic carbocycles. The van der Waals surface area contributed by atoms with Crippen molar-refractivity contribution in [1.29, 1.82) is 0 Å². The van der Waals surface area contributed by atoms with E-state index in [-0.39, 0.29) is 6.04 Å². The molecule has 1 atom stereocenters. The van der Waals surface area contributed by atoms with Crippen molar-refractivity contribution in [3.05, 3.63) is 77.4 Å². The summed E-state index contributed by atoms with van der Waals surface area (Å²) in [6, 6.07) is 21.0. The second kappa shape index (κ2) is 6.29. The van der Waals surface area contributed by atoms with Gasteiger partial charge in [0.2, 0.25) is 0 Å². The normalized spacial score (nSPS) is 17.8. The minimum absolute atomic E-state index is 0.126. The number of fused-ring (bicyclic) bond motifs is 2. The van der Waals surface area contributed by atoms with E-state index < -0.39 is 0 Å². The molecule has 1 unspecified atom stereocenters. The summed E-state index contributed by atoms with van der Waals surface area (Å²) >= 11 is 0. The number of aromatic hydroxyl groups is 1. The van der Waals surface area contributed by atoms with E-state index in [1.807, 2.05) is 12.1 Å². The number of nitrogens with zero attached hydrogens (tertiary/aromatic N) is 1. The lowest BCUT2D eigenvalue weighted by atomic mass is 9.85. The van der Waals surface area contributed by atoms with Gasteiger partial charge in [-0.3, -0.25) is 4.90 Å². The molecule has 1 N–H and O–H groups in total. The first-order valence-corrected chi connectivity index (χ1v) is 8.82. The molecule has 0 aliphatic carbocycles. The van der Waals surface area contributed by atoms with Crippen LogP contribution >= 0.6 is 0 Å². The lowest BCUT2D eigenvalue weighted by Gasteiger charge is -2.38. The Labute approximate surface area is 143 Å². The van der Waals surface area contributed by atoms with Gasteiger partial charge in [-0.15, -0.1) is 0 Å². The number of hydrogen-bond acceptors (Lipinski definition) is 2. The van der Waals surface area contributed by atoms with Crippen molar-refractivity contribution < 1.29 is 5.11 Å². The van der Waals surface area contributed by atoms with E-state index in [9.17, 15) is 5.11 Å². The molecule has 1 aliphatic rings.